The first-order valence-electron chi connectivity index (χ1n) is 6.76. The lowest BCUT2D eigenvalue weighted by molar-refractivity contribution is -0.123. The molecule has 16 heavy (non-hydrogen) atoms. The third-order valence-corrected chi connectivity index (χ3v) is 4.46. The molecule has 0 radical (unpaired) electrons. The number of hydrogen-bond acceptors (Lipinski definition) is 2. The number of rotatable bonds is 3. The lowest BCUT2D eigenvalue weighted by atomic mass is 9.93. The predicted molar refractivity (Wildman–Crippen MR) is 65.1 cm³/mol. The van der Waals surface area contributed by atoms with Crippen molar-refractivity contribution in [2.75, 3.05) is 6.54 Å². The van der Waals surface area contributed by atoms with E-state index in [1.165, 1.54) is 12.8 Å². The molecule has 1 heterocycles. The van der Waals surface area contributed by atoms with Crippen molar-refractivity contribution in [2.45, 2.75) is 58.0 Å². The second-order valence-electron chi connectivity index (χ2n) is 5.37. The van der Waals surface area contributed by atoms with Gasteiger partial charge in [-0.2, -0.15) is 0 Å². The SMILES string of the molecule is CCC1CCC(NC(=O)[C@@H]2CCCN2)C1C. The molecule has 3 unspecified atom stereocenters. The third-order valence-electron chi connectivity index (χ3n) is 4.46. The second-order valence-corrected chi connectivity index (χ2v) is 5.37. The first-order valence-corrected chi connectivity index (χ1v) is 6.76. The van der Waals surface area contributed by atoms with Crippen LogP contribution in [0.25, 0.3) is 0 Å². The van der Waals surface area contributed by atoms with E-state index in [0.717, 1.165) is 31.7 Å². The first kappa shape index (κ1) is 11.9. The van der Waals surface area contributed by atoms with Crippen molar-refractivity contribution < 1.29 is 4.79 Å². The molecule has 1 aliphatic carbocycles. The molecule has 3 nitrogen and oxygen atoms in total. The molecule has 92 valence electrons. The van der Waals surface area contributed by atoms with Crippen LogP contribution in [-0.4, -0.2) is 24.5 Å². The average molecular weight is 224 g/mol. The smallest absolute Gasteiger partial charge is 0.237 e. The quantitative estimate of drug-likeness (QED) is 0.766. The lowest BCUT2D eigenvalue weighted by Crippen LogP contribution is -2.46. The molecule has 3 heteroatoms. The summed E-state index contributed by atoms with van der Waals surface area (Å²) in [4.78, 5) is 12.0. The minimum atomic E-state index is 0.0767. The van der Waals surface area contributed by atoms with E-state index in [2.05, 4.69) is 24.5 Å². The number of hydrogen-bond donors (Lipinski definition) is 2. The summed E-state index contributed by atoms with van der Waals surface area (Å²) in [7, 11) is 0. The van der Waals surface area contributed by atoms with Crippen LogP contribution < -0.4 is 10.6 Å². The summed E-state index contributed by atoms with van der Waals surface area (Å²) in [5.74, 6) is 1.68. The van der Waals surface area contributed by atoms with Crippen LogP contribution >= 0.6 is 0 Å². The van der Waals surface area contributed by atoms with E-state index in [1.54, 1.807) is 0 Å². The van der Waals surface area contributed by atoms with Crippen molar-refractivity contribution in [3.05, 3.63) is 0 Å². The molecule has 2 rings (SSSR count). The van der Waals surface area contributed by atoms with Crippen LogP contribution in [0.4, 0.5) is 0 Å². The van der Waals surface area contributed by atoms with Crippen LogP contribution in [0.3, 0.4) is 0 Å². The van der Waals surface area contributed by atoms with Gasteiger partial charge in [0, 0.05) is 6.04 Å². The minimum Gasteiger partial charge on any atom is -0.352 e. The zero-order chi connectivity index (χ0) is 11.5. The summed E-state index contributed by atoms with van der Waals surface area (Å²) in [5, 5.41) is 6.49. The van der Waals surface area contributed by atoms with Gasteiger partial charge in [-0.05, 0) is 44.1 Å². The number of carbonyl (C=O) groups is 1. The maximum absolute atomic E-state index is 12.0. The molecule has 2 N–H and O–H groups in total. The summed E-state index contributed by atoms with van der Waals surface area (Å²) in [5.41, 5.74) is 0. The zero-order valence-corrected chi connectivity index (χ0v) is 10.5. The Labute approximate surface area is 98.4 Å². The highest BCUT2D eigenvalue weighted by Crippen LogP contribution is 2.33. The molecule has 0 aromatic rings. The van der Waals surface area contributed by atoms with E-state index in [9.17, 15) is 4.79 Å². The molecule has 1 amide bonds. The van der Waals surface area contributed by atoms with E-state index in [1.807, 2.05) is 0 Å². The maximum atomic E-state index is 12.0. The van der Waals surface area contributed by atoms with Crippen LogP contribution in [0.1, 0.15) is 46.0 Å². The van der Waals surface area contributed by atoms with Crippen LogP contribution in [0.2, 0.25) is 0 Å². The zero-order valence-electron chi connectivity index (χ0n) is 10.5. The fourth-order valence-electron chi connectivity index (χ4n) is 3.22. The van der Waals surface area contributed by atoms with Crippen molar-refractivity contribution >= 4 is 5.91 Å². The molecule has 1 saturated carbocycles. The summed E-state index contributed by atoms with van der Waals surface area (Å²) in [6.07, 6.45) is 5.83. The minimum absolute atomic E-state index is 0.0767. The van der Waals surface area contributed by atoms with Gasteiger partial charge in [0.25, 0.3) is 0 Å². The van der Waals surface area contributed by atoms with Gasteiger partial charge >= 0.3 is 0 Å². The van der Waals surface area contributed by atoms with Crippen LogP contribution in [0.5, 0.6) is 0 Å². The average Bonchev–Trinajstić information content (AvgIpc) is 2.89. The highest BCUT2D eigenvalue weighted by molar-refractivity contribution is 5.82. The van der Waals surface area contributed by atoms with Gasteiger partial charge in [0.15, 0.2) is 0 Å². The van der Waals surface area contributed by atoms with Gasteiger partial charge in [-0.3, -0.25) is 4.79 Å². The van der Waals surface area contributed by atoms with E-state index < -0.39 is 0 Å². The van der Waals surface area contributed by atoms with Gasteiger partial charge in [0.2, 0.25) is 5.91 Å². The summed E-state index contributed by atoms with van der Waals surface area (Å²) < 4.78 is 0. The van der Waals surface area contributed by atoms with Crippen molar-refractivity contribution in [2.24, 2.45) is 11.8 Å². The summed E-state index contributed by atoms with van der Waals surface area (Å²) in [6, 6.07) is 0.493. The molecule has 0 aromatic heterocycles. The molecule has 0 spiro atoms. The molecule has 1 aliphatic heterocycles. The Hall–Kier alpha value is -0.570. The van der Waals surface area contributed by atoms with Crippen molar-refractivity contribution in [3.63, 3.8) is 0 Å². The predicted octanol–water partition coefficient (Wildman–Crippen LogP) is 1.68. The van der Waals surface area contributed by atoms with Gasteiger partial charge in [0.1, 0.15) is 0 Å². The Morgan fingerprint density at radius 3 is 2.75 bits per heavy atom. The molecule has 0 bridgehead atoms. The van der Waals surface area contributed by atoms with Gasteiger partial charge in [-0.1, -0.05) is 20.3 Å². The fraction of sp³-hybridized carbons (Fsp3) is 0.923. The Kier molecular flexibility index (Phi) is 3.85. The first-order chi connectivity index (χ1) is 7.72. The van der Waals surface area contributed by atoms with Crippen molar-refractivity contribution in [1.82, 2.24) is 10.6 Å². The molecule has 0 aromatic carbocycles. The summed E-state index contributed by atoms with van der Waals surface area (Å²) in [6.45, 7) is 5.54. The highest BCUT2D eigenvalue weighted by Gasteiger charge is 2.34. The molecular weight excluding hydrogens is 200 g/mol. The van der Waals surface area contributed by atoms with Crippen LogP contribution in [0, 0.1) is 11.8 Å². The third kappa shape index (κ3) is 2.40. The molecule has 2 aliphatic rings. The van der Waals surface area contributed by atoms with E-state index in [0.29, 0.717) is 12.0 Å². The normalized spacial score (nSPS) is 38.9. The molecule has 2 fully saturated rings. The number of amides is 1. The van der Waals surface area contributed by atoms with Crippen molar-refractivity contribution in [3.8, 4) is 0 Å². The molecule has 1 saturated heterocycles. The number of carbonyl (C=O) groups excluding carboxylic acids is 1. The van der Waals surface area contributed by atoms with Gasteiger partial charge in [-0.25, -0.2) is 0 Å². The fourth-order valence-corrected chi connectivity index (χ4v) is 3.22. The van der Waals surface area contributed by atoms with Crippen molar-refractivity contribution in [1.29, 1.82) is 0 Å². The monoisotopic (exact) mass is 224 g/mol. The Morgan fingerprint density at radius 2 is 2.19 bits per heavy atom. The maximum Gasteiger partial charge on any atom is 0.237 e. The number of nitrogens with one attached hydrogen (secondary N) is 2. The molecular formula is C13H24N2O. The van der Waals surface area contributed by atoms with Crippen LogP contribution in [-0.2, 0) is 4.79 Å². The Bertz CT molecular complexity index is 248. The van der Waals surface area contributed by atoms with E-state index >= 15 is 0 Å². The molecule has 4 atom stereocenters. The van der Waals surface area contributed by atoms with E-state index in [4.69, 9.17) is 0 Å². The van der Waals surface area contributed by atoms with Gasteiger partial charge < -0.3 is 10.6 Å². The highest BCUT2D eigenvalue weighted by atomic mass is 16.2. The summed E-state index contributed by atoms with van der Waals surface area (Å²) >= 11 is 0. The van der Waals surface area contributed by atoms with Crippen LogP contribution in [0.15, 0.2) is 0 Å². The second kappa shape index (κ2) is 5.17. The Balaban J connectivity index is 1.83. The van der Waals surface area contributed by atoms with E-state index in [-0.39, 0.29) is 11.9 Å². The topological polar surface area (TPSA) is 41.1 Å². The largest absolute Gasteiger partial charge is 0.352 e. The Morgan fingerprint density at radius 1 is 1.38 bits per heavy atom. The standard InChI is InChI=1S/C13H24N2O/c1-3-10-6-7-11(9(10)2)15-13(16)12-5-4-8-14-12/h9-12,14H,3-8H2,1-2H3,(H,15,16)/t9?,10?,11?,12-/m0/s1. The lowest BCUT2D eigenvalue weighted by Gasteiger charge is -2.22. The van der Waals surface area contributed by atoms with Gasteiger partial charge in [-0.15, -0.1) is 0 Å². The van der Waals surface area contributed by atoms with Gasteiger partial charge in [0.05, 0.1) is 6.04 Å².